The topological polar surface area (TPSA) is 58.1 Å². The third kappa shape index (κ3) is 3.48. The van der Waals surface area contributed by atoms with Gasteiger partial charge in [0.05, 0.1) is 6.04 Å². The summed E-state index contributed by atoms with van der Waals surface area (Å²) in [6.07, 6.45) is 4.93. The average molecular weight is 372 g/mol. The van der Waals surface area contributed by atoms with Crippen LogP contribution in [0.1, 0.15) is 40.4 Å². The van der Waals surface area contributed by atoms with Crippen LogP contribution in [0, 0.1) is 0 Å². The molecule has 0 bridgehead atoms. The maximum Gasteiger partial charge on any atom is 0.254 e. The minimum Gasteiger partial charge on any atom is -0.373 e. The Morgan fingerprint density at radius 3 is 2.68 bits per heavy atom. The second kappa shape index (κ2) is 7.80. The number of fused-ring (bicyclic) bond motifs is 1. The van der Waals surface area contributed by atoms with Crippen LogP contribution in [-0.2, 0) is 6.42 Å². The summed E-state index contributed by atoms with van der Waals surface area (Å²) in [5.41, 5.74) is 4.20. The first-order chi connectivity index (χ1) is 13.7. The van der Waals surface area contributed by atoms with Gasteiger partial charge >= 0.3 is 0 Å². The van der Waals surface area contributed by atoms with Gasteiger partial charge in [-0.15, -0.1) is 0 Å². The zero-order valence-electron chi connectivity index (χ0n) is 16.2. The molecule has 1 aliphatic carbocycles. The van der Waals surface area contributed by atoms with Gasteiger partial charge in [-0.3, -0.25) is 4.79 Å². The standard InChI is InChI=1S/C23H24N4O/c1-24-21-14-15-25-22(26-21)17-10-12-18(13-11-17)23(28)27(2)20-9-5-7-16-6-3-4-8-19(16)20/h3-4,6,8,10-15,20H,5,7,9H2,1-2H3,(H,24,25,26)/t20-/m0/s1. The molecule has 142 valence electrons. The van der Waals surface area contributed by atoms with Crippen LogP contribution in [0.5, 0.6) is 0 Å². The highest BCUT2D eigenvalue weighted by Crippen LogP contribution is 2.34. The number of nitrogens with zero attached hydrogens (tertiary/aromatic N) is 3. The van der Waals surface area contributed by atoms with E-state index in [2.05, 4.69) is 39.6 Å². The van der Waals surface area contributed by atoms with E-state index >= 15 is 0 Å². The summed E-state index contributed by atoms with van der Waals surface area (Å²) in [6, 6.07) is 17.9. The van der Waals surface area contributed by atoms with Gasteiger partial charge in [-0.05, 0) is 48.6 Å². The van der Waals surface area contributed by atoms with Crippen molar-refractivity contribution in [2.45, 2.75) is 25.3 Å². The van der Waals surface area contributed by atoms with Crippen LogP contribution < -0.4 is 5.32 Å². The molecule has 1 amide bonds. The monoisotopic (exact) mass is 372 g/mol. The Balaban J connectivity index is 1.55. The van der Waals surface area contributed by atoms with Gasteiger partial charge in [0, 0.05) is 31.4 Å². The minimum absolute atomic E-state index is 0.0400. The number of aryl methyl sites for hydroxylation is 1. The van der Waals surface area contributed by atoms with Crippen LogP contribution in [0.3, 0.4) is 0 Å². The highest BCUT2D eigenvalue weighted by molar-refractivity contribution is 5.94. The number of benzene rings is 2. The molecule has 1 heterocycles. The van der Waals surface area contributed by atoms with Gasteiger partial charge in [0.25, 0.3) is 5.91 Å². The van der Waals surface area contributed by atoms with E-state index < -0.39 is 0 Å². The molecule has 1 aromatic heterocycles. The minimum atomic E-state index is 0.0400. The van der Waals surface area contributed by atoms with Gasteiger partial charge in [-0.25, -0.2) is 9.97 Å². The van der Waals surface area contributed by atoms with Crippen molar-refractivity contribution in [1.82, 2.24) is 14.9 Å². The molecule has 0 saturated heterocycles. The largest absolute Gasteiger partial charge is 0.373 e. The van der Waals surface area contributed by atoms with Gasteiger partial charge in [-0.2, -0.15) is 0 Å². The van der Waals surface area contributed by atoms with Crippen molar-refractivity contribution in [3.05, 3.63) is 77.5 Å². The van der Waals surface area contributed by atoms with Gasteiger partial charge in [0.2, 0.25) is 0 Å². The smallest absolute Gasteiger partial charge is 0.254 e. The number of carbonyl (C=O) groups excluding carboxylic acids is 1. The van der Waals surface area contributed by atoms with Gasteiger partial charge in [-0.1, -0.05) is 36.4 Å². The van der Waals surface area contributed by atoms with Crippen molar-refractivity contribution in [2.24, 2.45) is 0 Å². The number of hydrogen-bond donors (Lipinski definition) is 1. The lowest BCUT2D eigenvalue weighted by Gasteiger charge is -2.33. The van der Waals surface area contributed by atoms with Crippen molar-refractivity contribution in [3.63, 3.8) is 0 Å². The molecule has 28 heavy (non-hydrogen) atoms. The fraction of sp³-hybridized carbons (Fsp3) is 0.261. The highest BCUT2D eigenvalue weighted by atomic mass is 16.2. The second-order valence-electron chi connectivity index (χ2n) is 7.12. The molecule has 0 spiro atoms. The number of aromatic nitrogens is 2. The summed E-state index contributed by atoms with van der Waals surface area (Å²) in [6.45, 7) is 0. The first kappa shape index (κ1) is 18.2. The molecule has 0 unspecified atom stereocenters. The molecule has 1 N–H and O–H groups in total. The number of hydrogen-bond acceptors (Lipinski definition) is 4. The fourth-order valence-corrected chi connectivity index (χ4v) is 3.87. The molecular formula is C23H24N4O. The van der Waals surface area contributed by atoms with Crippen molar-refractivity contribution < 1.29 is 4.79 Å². The zero-order valence-corrected chi connectivity index (χ0v) is 16.2. The molecule has 1 aliphatic rings. The van der Waals surface area contributed by atoms with Gasteiger partial charge in [0.1, 0.15) is 5.82 Å². The molecule has 0 aliphatic heterocycles. The van der Waals surface area contributed by atoms with E-state index in [0.29, 0.717) is 11.4 Å². The van der Waals surface area contributed by atoms with Crippen LogP contribution in [0.15, 0.2) is 60.8 Å². The Morgan fingerprint density at radius 2 is 1.89 bits per heavy atom. The Bertz CT molecular complexity index is 984. The normalized spacial score (nSPS) is 15.6. The quantitative estimate of drug-likeness (QED) is 0.740. The molecule has 5 heteroatoms. The summed E-state index contributed by atoms with van der Waals surface area (Å²) in [5.74, 6) is 1.44. The number of rotatable bonds is 4. The summed E-state index contributed by atoms with van der Waals surface area (Å²) in [7, 11) is 3.73. The molecule has 5 nitrogen and oxygen atoms in total. The fourth-order valence-electron chi connectivity index (χ4n) is 3.87. The van der Waals surface area contributed by atoms with E-state index in [1.807, 2.05) is 49.3 Å². The summed E-state index contributed by atoms with van der Waals surface area (Å²) in [4.78, 5) is 23.7. The first-order valence-corrected chi connectivity index (χ1v) is 9.63. The second-order valence-corrected chi connectivity index (χ2v) is 7.12. The molecule has 0 radical (unpaired) electrons. The van der Waals surface area contributed by atoms with Crippen LogP contribution in [0.4, 0.5) is 5.82 Å². The third-order valence-electron chi connectivity index (χ3n) is 5.43. The van der Waals surface area contributed by atoms with Crippen LogP contribution >= 0.6 is 0 Å². The predicted octanol–water partition coefficient (Wildman–Crippen LogP) is 4.33. The number of amides is 1. The van der Waals surface area contributed by atoms with Crippen LogP contribution in [0.2, 0.25) is 0 Å². The Hall–Kier alpha value is -3.21. The van der Waals surface area contributed by atoms with Crippen LogP contribution in [-0.4, -0.2) is 34.9 Å². The lowest BCUT2D eigenvalue weighted by molar-refractivity contribution is 0.0715. The number of anilines is 1. The summed E-state index contributed by atoms with van der Waals surface area (Å²) in [5, 5.41) is 3.01. The highest BCUT2D eigenvalue weighted by Gasteiger charge is 2.27. The van der Waals surface area contributed by atoms with Crippen molar-refractivity contribution in [2.75, 3.05) is 19.4 Å². The van der Waals surface area contributed by atoms with E-state index in [9.17, 15) is 4.79 Å². The van der Waals surface area contributed by atoms with Crippen molar-refractivity contribution >= 4 is 11.7 Å². The van der Waals surface area contributed by atoms with Crippen LogP contribution in [0.25, 0.3) is 11.4 Å². The number of carbonyl (C=O) groups is 1. The third-order valence-corrected chi connectivity index (χ3v) is 5.43. The lowest BCUT2D eigenvalue weighted by atomic mass is 9.87. The predicted molar refractivity (Wildman–Crippen MR) is 111 cm³/mol. The molecule has 3 aromatic rings. The maximum absolute atomic E-state index is 13.1. The molecule has 0 fully saturated rings. The summed E-state index contributed by atoms with van der Waals surface area (Å²) < 4.78 is 0. The molecule has 2 aromatic carbocycles. The molecular weight excluding hydrogens is 348 g/mol. The number of nitrogens with one attached hydrogen (secondary N) is 1. The van der Waals surface area contributed by atoms with E-state index in [-0.39, 0.29) is 11.9 Å². The van der Waals surface area contributed by atoms with Gasteiger partial charge in [0.15, 0.2) is 5.82 Å². The Labute approximate surface area is 165 Å². The Kier molecular flexibility index (Phi) is 5.06. The zero-order chi connectivity index (χ0) is 19.5. The molecule has 1 atom stereocenters. The van der Waals surface area contributed by atoms with E-state index in [4.69, 9.17) is 0 Å². The van der Waals surface area contributed by atoms with E-state index in [1.54, 1.807) is 6.20 Å². The molecule has 0 saturated carbocycles. The average Bonchev–Trinajstić information content (AvgIpc) is 2.78. The lowest BCUT2D eigenvalue weighted by Crippen LogP contribution is -2.33. The summed E-state index contributed by atoms with van der Waals surface area (Å²) >= 11 is 0. The molecule has 4 rings (SSSR count). The van der Waals surface area contributed by atoms with E-state index in [1.165, 1.54) is 11.1 Å². The first-order valence-electron chi connectivity index (χ1n) is 9.63. The van der Waals surface area contributed by atoms with Gasteiger partial charge < -0.3 is 10.2 Å². The van der Waals surface area contributed by atoms with E-state index in [0.717, 1.165) is 30.6 Å². The van der Waals surface area contributed by atoms with Crippen molar-refractivity contribution in [1.29, 1.82) is 0 Å². The SMILES string of the molecule is CNc1ccnc(-c2ccc(C(=O)N(C)[C@H]3CCCc4ccccc43)cc2)n1. The Morgan fingerprint density at radius 1 is 1.11 bits per heavy atom. The van der Waals surface area contributed by atoms with Crippen molar-refractivity contribution in [3.8, 4) is 11.4 Å². The maximum atomic E-state index is 13.1.